The number of aromatic amines is 1. The lowest BCUT2D eigenvalue weighted by molar-refractivity contribution is -0.0240. The summed E-state index contributed by atoms with van der Waals surface area (Å²) in [6.07, 6.45) is 1.64. The molecule has 12 nitrogen and oxygen atoms in total. The van der Waals surface area contributed by atoms with Crippen LogP contribution >= 0.6 is 7.75 Å². The molecule has 1 saturated heterocycles. The van der Waals surface area contributed by atoms with Crippen LogP contribution in [0.25, 0.3) is 10.4 Å². The molecule has 0 amide bonds. The van der Waals surface area contributed by atoms with Crippen LogP contribution in [0.4, 0.5) is 0 Å². The molecule has 0 saturated carbocycles. The molecule has 178 valence electrons. The van der Waals surface area contributed by atoms with Crippen molar-refractivity contribution in [3.63, 3.8) is 0 Å². The minimum Gasteiger partial charge on any atom is -0.413 e. The number of azide groups is 1. The van der Waals surface area contributed by atoms with Crippen LogP contribution in [0.1, 0.15) is 38.0 Å². The average Bonchev–Trinajstić information content (AvgIpc) is 3.18. The van der Waals surface area contributed by atoms with Gasteiger partial charge in [0.1, 0.15) is 12.0 Å². The van der Waals surface area contributed by atoms with Crippen LogP contribution in [0.15, 0.2) is 51.2 Å². The van der Waals surface area contributed by atoms with Gasteiger partial charge in [0.05, 0.1) is 18.8 Å². The Kier molecular flexibility index (Phi) is 8.49. The van der Waals surface area contributed by atoms with E-state index >= 15 is 0 Å². The van der Waals surface area contributed by atoms with E-state index in [2.05, 4.69) is 20.1 Å². The summed E-state index contributed by atoms with van der Waals surface area (Å²) in [6.45, 7) is 3.78. The number of rotatable bonds is 11. The number of aryl methyl sites for hydroxylation is 1. The number of hydrogen-bond donors (Lipinski definition) is 2. The van der Waals surface area contributed by atoms with E-state index in [0.717, 1.165) is 12.8 Å². The van der Waals surface area contributed by atoms with Crippen molar-refractivity contribution in [2.75, 3.05) is 13.2 Å². The molecule has 2 heterocycles. The summed E-state index contributed by atoms with van der Waals surface area (Å²) in [6, 6.07) is 7.94. The van der Waals surface area contributed by atoms with Gasteiger partial charge in [-0.3, -0.25) is 18.9 Å². The van der Waals surface area contributed by atoms with Gasteiger partial charge in [-0.05, 0) is 31.0 Å². The van der Waals surface area contributed by atoms with E-state index in [4.69, 9.17) is 19.3 Å². The van der Waals surface area contributed by atoms with Gasteiger partial charge in [0, 0.05) is 29.6 Å². The Balaban J connectivity index is 1.76. The van der Waals surface area contributed by atoms with E-state index in [1.807, 2.05) is 6.92 Å². The van der Waals surface area contributed by atoms with Crippen molar-refractivity contribution in [2.24, 2.45) is 5.11 Å². The molecule has 1 aliphatic rings. The molecule has 0 aliphatic carbocycles. The Morgan fingerprint density at radius 3 is 2.82 bits per heavy atom. The second-order valence-corrected chi connectivity index (χ2v) is 9.33. The Hall–Kier alpha value is -2.88. The van der Waals surface area contributed by atoms with Gasteiger partial charge < -0.3 is 9.26 Å². The summed E-state index contributed by atoms with van der Waals surface area (Å²) in [7, 11) is -3.77. The molecule has 1 aromatic carbocycles. The number of aromatic nitrogens is 2. The first-order valence-electron chi connectivity index (χ1n) is 10.6. The summed E-state index contributed by atoms with van der Waals surface area (Å²) < 4.78 is 31.8. The molecule has 1 aliphatic heterocycles. The third-order valence-electron chi connectivity index (χ3n) is 5.07. The van der Waals surface area contributed by atoms with Gasteiger partial charge in [-0.15, -0.1) is 0 Å². The molecular weight excluding hydrogens is 451 g/mol. The van der Waals surface area contributed by atoms with Crippen LogP contribution < -0.4 is 20.9 Å². The van der Waals surface area contributed by atoms with Crippen molar-refractivity contribution in [2.45, 2.75) is 51.5 Å². The first kappa shape index (κ1) is 24.8. The number of para-hydroxylation sites is 1. The normalized spacial score (nSPS) is 21.8. The molecule has 0 spiro atoms. The largest absolute Gasteiger partial charge is 0.458 e. The maximum atomic E-state index is 13.4. The zero-order valence-corrected chi connectivity index (χ0v) is 19.3. The van der Waals surface area contributed by atoms with E-state index in [1.165, 1.54) is 10.8 Å². The van der Waals surface area contributed by atoms with Gasteiger partial charge in [-0.2, -0.15) is 0 Å². The lowest BCUT2D eigenvalue weighted by Crippen LogP contribution is -2.33. The van der Waals surface area contributed by atoms with Gasteiger partial charge in [0.25, 0.3) is 5.56 Å². The Bertz CT molecular complexity index is 1150. The van der Waals surface area contributed by atoms with Gasteiger partial charge >= 0.3 is 13.4 Å². The van der Waals surface area contributed by atoms with Crippen molar-refractivity contribution >= 4 is 7.75 Å². The van der Waals surface area contributed by atoms with Crippen LogP contribution in [0.5, 0.6) is 5.75 Å². The Morgan fingerprint density at radius 1 is 1.36 bits per heavy atom. The first-order chi connectivity index (χ1) is 15.8. The lowest BCUT2D eigenvalue weighted by Gasteiger charge is -2.23. The number of ether oxygens (including phenoxy) is 1. The number of hydrogen-bond acceptors (Lipinski definition) is 7. The zero-order chi connectivity index (χ0) is 23.8. The highest BCUT2D eigenvalue weighted by Gasteiger charge is 2.39. The van der Waals surface area contributed by atoms with Gasteiger partial charge in [0.15, 0.2) is 0 Å². The van der Waals surface area contributed by atoms with Crippen LogP contribution in [-0.2, 0) is 13.8 Å². The molecule has 0 bridgehead atoms. The number of benzene rings is 1. The molecule has 1 unspecified atom stereocenters. The summed E-state index contributed by atoms with van der Waals surface area (Å²) in [5.41, 5.74) is 8.16. The van der Waals surface area contributed by atoms with Crippen LogP contribution in [0.2, 0.25) is 0 Å². The SMILES string of the molecule is CCCCNP(=O)(OC[C@H]1O[C@@H](n2cc(C)c(=O)[nH]c2=O)C[C@@H]1N=[N+]=[N-])Oc1ccccc1. The van der Waals surface area contributed by atoms with Crippen LogP contribution in [-0.4, -0.2) is 34.8 Å². The average molecular weight is 478 g/mol. The second-order valence-electron chi connectivity index (χ2n) is 7.58. The number of nitrogens with zero attached hydrogens (tertiary/aromatic N) is 4. The first-order valence-corrected chi connectivity index (χ1v) is 12.2. The van der Waals surface area contributed by atoms with Gasteiger partial charge in [-0.25, -0.2) is 14.4 Å². The monoisotopic (exact) mass is 478 g/mol. The molecule has 1 fully saturated rings. The topological polar surface area (TPSA) is 160 Å². The van der Waals surface area contributed by atoms with E-state index < -0.39 is 37.4 Å². The van der Waals surface area contributed by atoms with Crippen molar-refractivity contribution < 1.29 is 18.3 Å². The molecule has 1 aromatic heterocycles. The fourth-order valence-electron chi connectivity index (χ4n) is 3.31. The maximum absolute atomic E-state index is 13.4. The smallest absolute Gasteiger partial charge is 0.413 e. The zero-order valence-electron chi connectivity index (χ0n) is 18.4. The minimum atomic E-state index is -3.77. The van der Waals surface area contributed by atoms with E-state index in [9.17, 15) is 14.2 Å². The van der Waals surface area contributed by atoms with E-state index in [0.29, 0.717) is 17.9 Å². The third kappa shape index (κ3) is 6.56. The summed E-state index contributed by atoms with van der Waals surface area (Å²) >= 11 is 0. The molecule has 0 radical (unpaired) electrons. The second kappa shape index (κ2) is 11.3. The molecule has 13 heteroatoms. The van der Waals surface area contributed by atoms with Crippen molar-refractivity contribution in [1.29, 1.82) is 0 Å². The molecular formula is C20H27N6O6P. The van der Waals surface area contributed by atoms with E-state index in [-0.39, 0.29) is 13.0 Å². The predicted molar refractivity (Wildman–Crippen MR) is 121 cm³/mol. The number of nitrogens with one attached hydrogen (secondary N) is 2. The van der Waals surface area contributed by atoms with Crippen LogP contribution in [0, 0.1) is 6.92 Å². The highest BCUT2D eigenvalue weighted by molar-refractivity contribution is 7.52. The third-order valence-corrected chi connectivity index (χ3v) is 6.62. The van der Waals surface area contributed by atoms with Crippen molar-refractivity contribution in [3.05, 3.63) is 73.4 Å². The quantitative estimate of drug-likeness (QED) is 0.164. The van der Waals surface area contributed by atoms with Crippen molar-refractivity contribution in [1.82, 2.24) is 14.6 Å². The summed E-state index contributed by atoms with van der Waals surface area (Å²) in [5, 5.41) is 6.59. The molecule has 3 rings (SSSR count). The molecule has 33 heavy (non-hydrogen) atoms. The van der Waals surface area contributed by atoms with Crippen molar-refractivity contribution in [3.8, 4) is 5.75 Å². The molecule has 2 aromatic rings. The Morgan fingerprint density at radius 2 is 2.12 bits per heavy atom. The standard InChI is InChI=1S/C20H27N6O6P/c1-3-4-10-22-33(29,32-15-8-6-5-7-9-15)30-13-17-16(24-25-21)11-18(31-17)26-12-14(2)19(27)23-20(26)28/h5-9,12,16-18H,3-4,10-11,13H2,1-2H3,(H,22,29)(H,23,27,28)/t16-,17+,18+,33?/m0/s1. The summed E-state index contributed by atoms with van der Waals surface area (Å²) in [4.78, 5) is 29.0. The molecule has 4 atom stereocenters. The number of unbranched alkanes of at least 4 members (excludes halogenated alkanes) is 1. The molecule has 2 N–H and O–H groups in total. The number of H-pyrrole nitrogens is 1. The van der Waals surface area contributed by atoms with Gasteiger partial charge in [-0.1, -0.05) is 36.7 Å². The van der Waals surface area contributed by atoms with E-state index in [1.54, 1.807) is 37.3 Å². The highest BCUT2D eigenvalue weighted by Crippen LogP contribution is 2.45. The fourth-order valence-corrected chi connectivity index (χ4v) is 4.70. The minimum absolute atomic E-state index is 0.177. The fraction of sp³-hybridized carbons (Fsp3) is 0.500. The highest BCUT2D eigenvalue weighted by atomic mass is 31.2. The Labute approximate surface area is 190 Å². The maximum Gasteiger partial charge on any atom is 0.458 e. The predicted octanol–water partition coefficient (Wildman–Crippen LogP) is 3.40. The summed E-state index contributed by atoms with van der Waals surface area (Å²) in [5.74, 6) is 0.372. The lowest BCUT2D eigenvalue weighted by atomic mass is 10.1. The van der Waals surface area contributed by atoms with Crippen LogP contribution in [0.3, 0.4) is 0 Å². The van der Waals surface area contributed by atoms with Gasteiger partial charge in [0.2, 0.25) is 0 Å².